The maximum atomic E-state index is 11.1. The molecule has 0 radical (unpaired) electrons. The summed E-state index contributed by atoms with van der Waals surface area (Å²) < 4.78 is 0. The highest BCUT2D eigenvalue weighted by molar-refractivity contribution is 6.76. The van der Waals surface area contributed by atoms with Gasteiger partial charge in [0, 0.05) is 26.8 Å². The molecule has 0 aromatic rings. The van der Waals surface area contributed by atoms with Gasteiger partial charge < -0.3 is 0 Å². The average Bonchev–Trinajstić information content (AvgIpc) is 2.27. The van der Waals surface area contributed by atoms with E-state index in [2.05, 4.69) is 19.6 Å². The number of amides is 2. The number of hydrogen-bond acceptors (Lipinski definition) is 2. The molecule has 1 heterocycles. The van der Waals surface area contributed by atoms with Crippen LogP contribution in [0.5, 0.6) is 0 Å². The van der Waals surface area contributed by atoms with Gasteiger partial charge in [-0.3, -0.25) is 14.5 Å². The van der Waals surface area contributed by atoms with E-state index in [-0.39, 0.29) is 11.8 Å². The summed E-state index contributed by atoms with van der Waals surface area (Å²) in [5.41, 5.74) is 0. The predicted molar refractivity (Wildman–Crippen MR) is 54.0 cm³/mol. The second kappa shape index (κ2) is 3.45. The number of imide groups is 1. The van der Waals surface area contributed by atoms with Crippen molar-refractivity contribution in [2.24, 2.45) is 0 Å². The Morgan fingerprint density at radius 2 is 1.62 bits per heavy atom. The summed E-state index contributed by atoms with van der Waals surface area (Å²) in [5, 5.41) is 0. The average molecular weight is 197 g/mol. The monoisotopic (exact) mass is 197 g/mol. The van der Waals surface area contributed by atoms with Crippen molar-refractivity contribution >= 4 is 19.9 Å². The Kier molecular flexibility index (Phi) is 2.70. The van der Waals surface area contributed by atoms with Crippen LogP contribution >= 0.6 is 0 Å². The molecular formula is C9H15NO2Si. The third kappa shape index (κ3) is 2.80. The Labute approximate surface area is 79.4 Å². The molecule has 1 aliphatic heterocycles. The molecule has 1 aliphatic rings. The minimum Gasteiger partial charge on any atom is -0.276 e. The van der Waals surface area contributed by atoms with Gasteiger partial charge >= 0.3 is 0 Å². The molecule has 0 unspecified atom stereocenters. The van der Waals surface area contributed by atoms with E-state index in [9.17, 15) is 9.59 Å². The van der Waals surface area contributed by atoms with E-state index in [1.807, 2.05) is 0 Å². The van der Waals surface area contributed by atoms with Gasteiger partial charge in [-0.25, -0.2) is 0 Å². The molecule has 72 valence electrons. The second-order valence-corrected chi connectivity index (χ2v) is 10.1. The van der Waals surface area contributed by atoms with Crippen LogP contribution in [0.1, 0.15) is 0 Å². The molecule has 13 heavy (non-hydrogen) atoms. The van der Waals surface area contributed by atoms with Crippen LogP contribution < -0.4 is 0 Å². The highest BCUT2D eigenvalue weighted by Gasteiger charge is 2.25. The highest BCUT2D eigenvalue weighted by atomic mass is 28.3. The van der Waals surface area contributed by atoms with Crippen molar-refractivity contribution in [3.05, 3.63) is 12.2 Å². The van der Waals surface area contributed by atoms with Gasteiger partial charge in [-0.05, 0) is 6.04 Å². The normalized spacial score (nSPS) is 17.3. The van der Waals surface area contributed by atoms with Crippen molar-refractivity contribution in [2.45, 2.75) is 25.7 Å². The summed E-state index contributed by atoms with van der Waals surface area (Å²) >= 11 is 0. The third-order valence-corrected chi connectivity index (χ3v) is 3.71. The summed E-state index contributed by atoms with van der Waals surface area (Å²) in [4.78, 5) is 23.6. The van der Waals surface area contributed by atoms with Gasteiger partial charge in [0.1, 0.15) is 0 Å². The van der Waals surface area contributed by atoms with Crippen molar-refractivity contribution in [2.75, 3.05) is 6.54 Å². The number of carbonyl (C=O) groups is 2. The minimum atomic E-state index is -1.16. The lowest BCUT2D eigenvalue weighted by atomic mass is 10.5. The molecule has 0 atom stereocenters. The summed E-state index contributed by atoms with van der Waals surface area (Å²) in [6, 6.07) is 0.978. The van der Waals surface area contributed by atoms with Gasteiger partial charge in [-0.15, -0.1) is 0 Å². The lowest BCUT2D eigenvalue weighted by Crippen LogP contribution is -2.35. The van der Waals surface area contributed by atoms with Crippen LogP contribution in [0.15, 0.2) is 12.2 Å². The van der Waals surface area contributed by atoms with Crippen molar-refractivity contribution in [1.29, 1.82) is 0 Å². The number of hydrogen-bond donors (Lipinski definition) is 0. The zero-order valence-corrected chi connectivity index (χ0v) is 9.33. The third-order valence-electron chi connectivity index (χ3n) is 1.99. The molecule has 0 aromatic carbocycles. The second-order valence-electron chi connectivity index (χ2n) is 4.47. The minimum absolute atomic E-state index is 0.164. The quantitative estimate of drug-likeness (QED) is 0.504. The number of rotatable bonds is 3. The first-order valence-electron chi connectivity index (χ1n) is 4.44. The topological polar surface area (TPSA) is 37.4 Å². The fourth-order valence-electron chi connectivity index (χ4n) is 1.10. The van der Waals surface area contributed by atoms with Crippen LogP contribution in [-0.2, 0) is 9.59 Å². The lowest BCUT2D eigenvalue weighted by Gasteiger charge is -2.20. The molecule has 4 heteroatoms. The molecular weight excluding hydrogens is 182 g/mol. The highest BCUT2D eigenvalue weighted by Crippen LogP contribution is 2.12. The van der Waals surface area contributed by atoms with Crippen molar-refractivity contribution in [3.8, 4) is 0 Å². The van der Waals surface area contributed by atoms with Crippen molar-refractivity contribution < 1.29 is 9.59 Å². The summed E-state index contributed by atoms with van der Waals surface area (Å²) in [6.07, 6.45) is 2.68. The van der Waals surface area contributed by atoms with Crippen LogP contribution in [0, 0.1) is 0 Å². The Morgan fingerprint density at radius 3 is 2.00 bits per heavy atom. The van der Waals surface area contributed by atoms with E-state index in [1.165, 1.54) is 17.1 Å². The first-order valence-corrected chi connectivity index (χ1v) is 8.14. The first-order chi connectivity index (χ1) is 5.90. The molecule has 0 saturated heterocycles. The van der Waals surface area contributed by atoms with E-state index in [4.69, 9.17) is 0 Å². The van der Waals surface area contributed by atoms with Gasteiger partial charge in [0.2, 0.25) is 0 Å². The molecule has 0 saturated carbocycles. The number of carbonyl (C=O) groups excluding carboxylic acids is 2. The largest absolute Gasteiger partial charge is 0.276 e. The van der Waals surface area contributed by atoms with Crippen molar-refractivity contribution in [3.63, 3.8) is 0 Å². The Balaban J connectivity index is 2.47. The van der Waals surface area contributed by atoms with E-state index in [0.29, 0.717) is 6.54 Å². The SMILES string of the molecule is C[Si](C)(C)CCN1C(=O)C=CC1=O. The van der Waals surface area contributed by atoms with Gasteiger partial charge in [0.05, 0.1) is 0 Å². The molecule has 0 fully saturated rings. The van der Waals surface area contributed by atoms with Gasteiger partial charge in [-0.1, -0.05) is 19.6 Å². The lowest BCUT2D eigenvalue weighted by molar-refractivity contribution is -0.136. The fraction of sp³-hybridized carbons (Fsp3) is 0.556. The van der Waals surface area contributed by atoms with Crippen LogP contribution in [0.3, 0.4) is 0 Å². The first kappa shape index (κ1) is 10.2. The Hall–Kier alpha value is -0.903. The van der Waals surface area contributed by atoms with Crippen molar-refractivity contribution in [1.82, 2.24) is 4.90 Å². The number of nitrogens with zero attached hydrogens (tertiary/aromatic N) is 1. The molecule has 0 N–H and O–H groups in total. The van der Waals surface area contributed by atoms with E-state index in [0.717, 1.165) is 6.04 Å². The van der Waals surface area contributed by atoms with E-state index >= 15 is 0 Å². The smallest absolute Gasteiger partial charge is 0.253 e. The zero-order chi connectivity index (χ0) is 10.1. The maximum absolute atomic E-state index is 11.1. The van der Waals surface area contributed by atoms with E-state index < -0.39 is 8.07 Å². The summed E-state index contributed by atoms with van der Waals surface area (Å²) in [6.45, 7) is 7.27. The molecule has 0 aromatic heterocycles. The Bertz CT molecular complexity index is 247. The molecule has 2 amide bonds. The summed E-state index contributed by atoms with van der Waals surface area (Å²) in [7, 11) is -1.16. The molecule has 1 rings (SSSR count). The predicted octanol–water partition coefficient (Wildman–Crippen LogP) is 1.25. The molecule has 0 aliphatic carbocycles. The van der Waals surface area contributed by atoms with Gasteiger partial charge in [-0.2, -0.15) is 0 Å². The molecule has 3 nitrogen and oxygen atoms in total. The van der Waals surface area contributed by atoms with Gasteiger partial charge in [0.15, 0.2) is 0 Å². The standard InChI is InChI=1S/C9H15NO2Si/c1-13(2,3)7-6-10-8(11)4-5-9(10)12/h4-5H,6-7H2,1-3H3. The zero-order valence-electron chi connectivity index (χ0n) is 8.33. The molecule has 0 bridgehead atoms. The summed E-state index contributed by atoms with van der Waals surface area (Å²) in [5.74, 6) is -0.327. The van der Waals surface area contributed by atoms with E-state index in [1.54, 1.807) is 0 Å². The van der Waals surface area contributed by atoms with Gasteiger partial charge in [0.25, 0.3) is 11.8 Å². The maximum Gasteiger partial charge on any atom is 0.253 e. The fourth-order valence-corrected chi connectivity index (χ4v) is 1.99. The molecule has 0 spiro atoms. The van der Waals surface area contributed by atoms with Crippen LogP contribution in [0.4, 0.5) is 0 Å². The van der Waals surface area contributed by atoms with Crippen LogP contribution in [0.25, 0.3) is 0 Å². The van der Waals surface area contributed by atoms with Crippen LogP contribution in [0.2, 0.25) is 25.7 Å². The Morgan fingerprint density at radius 1 is 1.15 bits per heavy atom. The van der Waals surface area contributed by atoms with Crippen LogP contribution in [-0.4, -0.2) is 31.3 Å².